The molecule has 0 spiro atoms. The molecule has 2 aliphatic carbocycles. The fourth-order valence-electron chi connectivity index (χ4n) is 6.44. The topological polar surface area (TPSA) is 87.0 Å². The zero-order valence-corrected chi connectivity index (χ0v) is 16.0. The highest BCUT2D eigenvalue weighted by molar-refractivity contribution is 5.86. The molecule has 3 rings (SSSR count). The standard InChI is InChI=1S/C20H34O5/c1-17(12-22)8-7-15(23)20(4)13(17)5-9-18(2)14(20)6-10-19(3,25-18)16(24)11-21/h13-14,16,21-22,24H,5-12H2,1-4H3/t13-,14-,16?,17-,18+,19+,20-/m0/s1. The molecule has 25 heavy (non-hydrogen) atoms. The summed E-state index contributed by atoms with van der Waals surface area (Å²) < 4.78 is 6.46. The van der Waals surface area contributed by atoms with Crippen LogP contribution in [-0.2, 0) is 9.53 Å². The van der Waals surface area contributed by atoms with E-state index in [0.29, 0.717) is 18.6 Å². The van der Waals surface area contributed by atoms with Gasteiger partial charge in [0.25, 0.3) is 0 Å². The summed E-state index contributed by atoms with van der Waals surface area (Å²) in [5.41, 5.74) is -1.97. The lowest BCUT2D eigenvalue weighted by Crippen LogP contribution is -2.67. The first kappa shape index (κ1) is 19.3. The minimum atomic E-state index is -0.916. The molecule has 1 heterocycles. The van der Waals surface area contributed by atoms with Gasteiger partial charge in [-0.2, -0.15) is 0 Å². The number of rotatable bonds is 3. The second kappa shape index (κ2) is 6.01. The molecular formula is C20H34O5. The fraction of sp³-hybridized carbons (Fsp3) is 0.950. The van der Waals surface area contributed by atoms with E-state index < -0.39 is 22.7 Å². The Bertz CT molecular complexity index is 550. The molecule has 0 radical (unpaired) electrons. The van der Waals surface area contributed by atoms with Crippen LogP contribution in [0.2, 0.25) is 0 Å². The number of fused-ring (bicyclic) bond motifs is 3. The summed E-state index contributed by atoms with van der Waals surface area (Å²) in [6, 6.07) is 0. The molecule has 0 aromatic rings. The SMILES string of the molecule is C[C@@]1(CO)CCC(=O)[C@]2(C)[C@H]3CC[C@](C)(C(O)CO)O[C@]3(C)CC[C@@H]12. The highest BCUT2D eigenvalue weighted by Gasteiger charge is 2.65. The third-order valence-electron chi connectivity index (χ3n) is 8.11. The normalized spacial score (nSPS) is 51.6. The van der Waals surface area contributed by atoms with Crippen molar-refractivity contribution in [1.29, 1.82) is 0 Å². The Kier molecular flexibility index (Phi) is 4.64. The van der Waals surface area contributed by atoms with Gasteiger partial charge in [0.1, 0.15) is 11.9 Å². The van der Waals surface area contributed by atoms with Gasteiger partial charge < -0.3 is 20.1 Å². The van der Waals surface area contributed by atoms with Gasteiger partial charge in [-0.25, -0.2) is 0 Å². The van der Waals surface area contributed by atoms with Crippen LogP contribution in [0.25, 0.3) is 0 Å². The lowest BCUT2D eigenvalue weighted by molar-refractivity contribution is -0.283. The van der Waals surface area contributed by atoms with E-state index in [1.165, 1.54) is 0 Å². The van der Waals surface area contributed by atoms with Crippen molar-refractivity contribution >= 4 is 5.78 Å². The zero-order chi connectivity index (χ0) is 18.7. The molecule has 7 atom stereocenters. The van der Waals surface area contributed by atoms with Gasteiger partial charge in [-0.15, -0.1) is 0 Å². The van der Waals surface area contributed by atoms with E-state index in [1.807, 2.05) is 6.92 Å². The maximum atomic E-state index is 13.1. The Morgan fingerprint density at radius 3 is 2.32 bits per heavy atom. The molecule has 0 aromatic carbocycles. The van der Waals surface area contributed by atoms with Crippen LogP contribution in [0, 0.1) is 22.7 Å². The van der Waals surface area contributed by atoms with Gasteiger partial charge in [0.2, 0.25) is 0 Å². The van der Waals surface area contributed by atoms with Crippen LogP contribution in [0.4, 0.5) is 0 Å². The van der Waals surface area contributed by atoms with Crippen molar-refractivity contribution in [3.63, 3.8) is 0 Å². The first-order valence-electron chi connectivity index (χ1n) is 9.69. The molecule has 1 aliphatic heterocycles. The number of ketones is 1. The fourth-order valence-corrected chi connectivity index (χ4v) is 6.44. The van der Waals surface area contributed by atoms with Gasteiger partial charge in [-0.1, -0.05) is 13.8 Å². The second-order valence-corrected chi connectivity index (χ2v) is 9.63. The molecule has 2 saturated carbocycles. The van der Waals surface area contributed by atoms with E-state index in [9.17, 15) is 20.1 Å². The predicted octanol–water partition coefficient (Wildman–Crippen LogP) is 2.06. The number of aliphatic hydroxyl groups excluding tert-OH is 3. The Hall–Kier alpha value is -0.490. The van der Waals surface area contributed by atoms with Gasteiger partial charge in [0.15, 0.2) is 0 Å². The number of hydrogen-bond donors (Lipinski definition) is 3. The van der Waals surface area contributed by atoms with Gasteiger partial charge in [0.05, 0.1) is 17.8 Å². The summed E-state index contributed by atoms with van der Waals surface area (Å²) in [5, 5.41) is 29.7. The monoisotopic (exact) mass is 354 g/mol. The number of hydrogen-bond acceptors (Lipinski definition) is 5. The molecule has 5 nitrogen and oxygen atoms in total. The largest absolute Gasteiger partial charge is 0.396 e. The predicted molar refractivity (Wildman–Crippen MR) is 94.0 cm³/mol. The van der Waals surface area contributed by atoms with Crippen molar-refractivity contribution in [1.82, 2.24) is 0 Å². The molecule has 3 fully saturated rings. The van der Waals surface area contributed by atoms with Crippen molar-refractivity contribution < 1.29 is 24.9 Å². The van der Waals surface area contributed by atoms with Crippen molar-refractivity contribution in [3.8, 4) is 0 Å². The highest BCUT2D eigenvalue weighted by atomic mass is 16.5. The first-order chi connectivity index (χ1) is 11.6. The van der Waals surface area contributed by atoms with Gasteiger partial charge >= 0.3 is 0 Å². The summed E-state index contributed by atoms with van der Waals surface area (Å²) in [6.07, 6.45) is 3.44. The Balaban J connectivity index is 1.97. The Morgan fingerprint density at radius 1 is 1.08 bits per heavy atom. The maximum absolute atomic E-state index is 13.1. The van der Waals surface area contributed by atoms with Crippen molar-refractivity contribution in [2.75, 3.05) is 13.2 Å². The van der Waals surface area contributed by atoms with E-state index in [-0.39, 0.29) is 30.5 Å². The molecule has 5 heteroatoms. The molecule has 1 saturated heterocycles. The molecule has 0 aromatic heterocycles. The maximum Gasteiger partial charge on any atom is 0.139 e. The quantitative estimate of drug-likeness (QED) is 0.722. The van der Waals surface area contributed by atoms with Crippen molar-refractivity contribution in [2.45, 2.75) is 83.5 Å². The van der Waals surface area contributed by atoms with Gasteiger partial charge in [0, 0.05) is 24.4 Å². The summed E-state index contributed by atoms with van der Waals surface area (Å²) >= 11 is 0. The van der Waals surface area contributed by atoms with Crippen LogP contribution in [0.15, 0.2) is 0 Å². The molecule has 0 bridgehead atoms. The van der Waals surface area contributed by atoms with E-state index in [4.69, 9.17) is 4.74 Å². The number of carbonyl (C=O) groups excluding carboxylic acids is 1. The first-order valence-corrected chi connectivity index (χ1v) is 9.69. The van der Waals surface area contributed by atoms with Crippen LogP contribution >= 0.6 is 0 Å². The Labute approximate surface area is 150 Å². The summed E-state index contributed by atoms with van der Waals surface area (Å²) in [4.78, 5) is 13.1. The van der Waals surface area contributed by atoms with E-state index in [2.05, 4.69) is 20.8 Å². The summed E-state index contributed by atoms with van der Waals surface area (Å²) in [5.74, 6) is 0.547. The van der Waals surface area contributed by atoms with E-state index in [1.54, 1.807) is 0 Å². The Morgan fingerprint density at radius 2 is 1.72 bits per heavy atom. The molecule has 1 unspecified atom stereocenters. The number of carbonyl (C=O) groups is 1. The molecule has 3 aliphatic rings. The van der Waals surface area contributed by atoms with Crippen LogP contribution in [0.3, 0.4) is 0 Å². The lowest BCUT2D eigenvalue weighted by Gasteiger charge is -2.64. The van der Waals surface area contributed by atoms with Crippen LogP contribution in [0.5, 0.6) is 0 Å². The minimum absolute atomic E-state index is 0.0800. The number of ether oxygens (including phenoxy) is 1. The highest BCUT2D eigenvalue weighted by Crippen LogP contribution is 2.64. The van der Waals surface area contributed by atoms with Gasteiger partial charge in [-0.05, 0) is 57.3 Å². The van der Waals surface area contributed by atoms with Gasteiger partial charge in [-0.3, -0.25) is 4.79 Å². The second-order valence-electron chi connectivity index (χ2n) is 9.63. The third-order valence-corrected chi connectivity index (χ3v) is 8.11. The van der Waals surface area contributed by atoms with Crippen molar-refractivity contribution in [3.05, 3.63) is 0 Å². The zero-order valence-electron chi connectivity index (χ0n) is 16.0. The average molecular weight is 354 g/mol. The van der Waals surface area contributed by atoms with Crippen LogP contribution in [0.1, 0.15) is 66.2 Å². The van der Waals surface area contributed by atoms with Crippen LogP contribution < -0.4 is 0 Å². The summed E-state index contributed by atoms with van der Waals surface area (Å²) in [6.45, 7) is 7.94. The van der Waals surface area contributed by atoms with Crippen molar-refractivity contribution in [2.24, 2.45) is 22.7 Å². The number of aliphatic hydroxyl groups is 3. The van der Waals surface area contributed by atoms with Crippen LogP contribution in [-0.4, -0.2) is 51.6 Å². The smallest absolute Gasteiger partial charge is 0.139 e. The molecule has 0 amide bonds. The third kappa shape index (κ3) is 2.61. The average Bonchev–Trinajstić information content (AvgIpc) is 2.57. The molecule has 144 valence electrons. The molecule has 3 N–H and O–H groups in total. The van der Waals surface area contributed by atoms with E-state index in [0.717, 1.165) is 25.7 Å². The minimum Gasteiger partial charge on any atom is -0.396 e. The lowest BCUT2D eigenvalue weighted by atomic mass is 9.43. The molecular weight excluding hydrogens is 320 g/mol. The summed E-state index contributed by atoms with van der Waals surface area (Å²) in [7, 11) is 0. The number of Topliss-reactive ketones (excluding diaryl/α,β-unsaturated/α-hetero) is 1. The van der Waals surface area contributed by atoms with E-state index >= 15 is 0 Å².